The van der Waals surface area contributed by atoms with Crippen LogP contribution in [0.15, 0.2) is 18.2 Å². The molecule has 6 N–H and O–H groups in total. The minimum Gasteiger partial charge on any atom is -0.490 e. The Labute approximate surface area is 108 Å². The van der Waals surface area contributed by atoms with Crippen molar-refractivity contribution >= 4 is 48.6 Å². The van der Waals surface area contributed by atoms with Crippen LogP contribution in [0.3, 0.4) is 0 Å². The Bertz CT molecular complexity index is 273. The number of rotatable bonds is 3. The molecule has 1 aromatic rings. The first kappa shape index (κ1) is 19.9. The van der Waals surface area contributed by atoms with Crippen LogP contribution in [-0.4, -0.2) is 13.2 Å². The van der Waals surface area contributed by atoms with Crippen LogP contribution in [0.5, 0.6) is 5.75 Å². The van der Waals surface area contributed by atoms with Gasteiger partial charge in [0.05, 0.1) is 5.69 Å². The van der Waals surface area contributed by atoms with E-state index >= 15 is 0 Å². The lowest BCUT2D eigenvalue weighted by molar-refractivity contribution is 0.330. The third-order valence-electron chi connectivity index (χ3n) is 1.41. The molecule has 0 radical (unpaired) electrons. The molecule has 0 amide bonds. The molecule has 4 nitrogen and oxygen atoms in total. The smallest absolute Gasteiger partial charge is 0.142 e. The summed E-state index contributed by atoms with van der Waals surface area (Å²) >= 11 is 0. The molecule has 0 unspecified atom stereocenters. The van der Waals surface area contributed by atoms with E-state index in [1.54, 1.807) is 18.2 Å². The average Bonchev–Trinajstić information content (AvgIpc) is 2.03. The van der Waals surface area contributed by atoms with Gasteiger partial charge in [-0.1, -0.05) is 0 Å². The fourth-order valence-electron chi connectivity index (χ4n) is 0.867. The Balaban J connectivity index is -0.000000480. The highest BCUT2D eigenvalue weighted by Crippen LogP contribution is 2.22. The Hall–Kier alpha value is -0.550. The van der Waals surface area contributed by atoms with Crippen molar-refractivity contribution in [1.29, 1.82) is 0 Å². The first-order valence-corrected chi connectivity index (χ1v) is 3.72. The van der Waals surface area contributed by atoms with E-state index < -0.39 is 0 Å². The van der Waals surface area contributed by atoms with Gasteiger partial charge in [-0.2, -0.15) is 0 Å². The lowest BCUT2D eigenvalue weighted by atomic mass is 10.2. The molecule has 0 aliphatic rings. The van der Waals surface area contributed by atoms with Crippen LogP contribution in [0, 0.1) is 0 Å². The number of nitrogen functional groups attached to an aromatic ring is 2. The predicted molar refractivity (Wildman–Crippen MR) is 71.6 cm³/mol. The van der Waals surface area contributed by atoms with Gasteiger partial charge in [-0.25, -0.2) is 0 Å². The topological polar surface area (TPSA) is 87.3 Å². The van der Waals surface area contributed by atoms with Crippen molar-refractivity contribution in [3.05, 3.63) is 18.2 Å². The second-order valence-corrected chi connectivity index (χ2v) is 2.43. The molecule has 0 atom stereocenters. The van der Waals surface area contributed by atoms with Gasteiger partial charge in [0, 0.05) is 12.2 Å². The van der Waals surface area contributed by atoms with Gasteiger partial charge < -0.3 is 21.9 Å². The van der Waals surface area contributed by atoms with E-state index in [0.29, 0.717) is 30.3 Å². The van der Waals surface area contributed by atoms with Crippen molar-refractivity contribution in [1.82, 2.24) is 0 Å². The average molecular weight is 277 g/mol. The van der Waals surface area contributed by atoms with Crippen LogP contribution in [0.4, 0.5) is 11.4 Å². The van der Waals surface area contributed by atoms with E-state index in [4.69, 9.17) is 21.9 Å². The van der Waals surface area contributed by atoms with Crippen molar-refractivity contribution in [2.75, 3.05) is 24.6 Å². The minimum atomic E-state index is 0. The highest BCUT2D eigenvalue weighted by atomic mass is 35.5. The summed E-state index contributed by atoms with van der Waals surface area (Å²) in [5, 5.41) is 0. The standard InChI is InChI=1S/C8H13N3O.3ClH/c9-3-4-12-8-2-1-6(10)5-7(8)11;;;/h1-2,5H,3-4,9-11H2;3*1H. The molecular formula is C8H16Cl3N3O. The molecule has 7 heteroatoms. The molecule has 0 saturated carbocycles. The largest absolute Gasteiger partial charge is 0.490 e. The molecule has 0 aliphatic heterocycles. The monoisotopic (exact) mass is 275 g/mol. The van der Waals surface area contributed by atoms with E-state index in [2.05, 4.69) is 0 Å². The fourth-order valence-corrected chi connectivity index (χ4v) is 0.867. The minimum absolute atomic E-state index is 0. The molecule has 0 aromatic heterocycles. The Morgan fingerprint density at radius 3 is 2.13 bits per heavy atom. The quantitative estimate of drug-likeness (QED) is 0.729. The lowest BCUT2D eigenvalue weighted by Crippen LogP contribution is -2.11. The van der Waals surface area contributed by atoms with Gasteiger partial charge in [0.15, 0.2) is 0 Å². The predicted octanol–water partition coefficient (Wildman–Crippen LogP) is 1.45. The third kappa shape index (κ3) is 6.52. The van der Waals surface area contributed by atoms with Crippen LogP contribution < -0.4 is 21.9 Å². The summed E-state index contributed by atoms with van der Waals surface area (Å²) < 4.78 is 5.24. The molecular weight excluding hydrogens is 260 g/mol. The maximum absolute atomic E-state index is 5.62. The van der Waals surface area contributed by atoms with E-state index in [9.17, 15) is 0 Å². The van der Waals surface area contributed by atoms with Crippen molar-refractivity contribution in [2.45, 2.75) is 0 Å². The van der Waals surface area contributed by atoms with E-state index in [-0.39, 0.29) is 37.2 Å². The van der Waals surface area contributed by atoms with Crippen LogP contribution in [0.25, 0.3) is 0 Å². The zero-order valence-electron chi connectivity index (χ0n) is 8.01. The zero-order chi connectivity index (χ0) is 8.97. The fraction of sp³-hybridized carbons (Fsp3) is 0.250. The summed E-state index contributed by atoms with van der Waals surface area (Å²) in [5.41, 5.74) is 17.6. The van der Waals surface area contributed by atoms with Gasteiger partial charge >= 0.3 is 0 Å². The molecule has 1 rings (SSSR count). The molecule has 0 aliphatic carbocycles. The first-order valence-electron chi connectivity index (χ1n) is 3.72. The summed E-state index contributed by atoms with van der Waals surface area (Å²) in [6.07, 6.45) is 0. The SMILES string of the molecule is Cl.Cl.Cl.NCCOc1ccc(N)cc1N. The van der Waals surface area contributed by atoms with E-state index in [1.807, 2.05) is 0 Å². The molecule has 1 aromatic carbocycles. The number of nitrogens with two attached hydrogens (primary N) is 3. The highest BCUT2D eigenvalue weighted by Gasteiger charge is 1.98. The van der Waals surface area contributed by atoms with Gasteiger partial charge in [0.2, 0.25) is 0 Å². The molecule has 15 heavy (non-hydrogen) atoms. The van der Waals surface area contributed by atoms with Crippen molar-refractivity contribution in [3.63, 3.8) is 0 Å². The number of benzene rings is 1. The number of ether oxygens (including phenoxy) is 1. The molecule has 0 bridgehead atoms. The van der Waals surface area contributed by atoms with E-state index in [1.165, 1.54) is 0 Å². The number of hydrogen-bond donors (Lipinski definition) is 3. The third-order valence-corrected chi connectivity index (χ3v) is 1.41. The summed E-state index contributed by atoms with van der Waals surface area (Å²) in [6.45, 7) is 0.942. The number of anilines is 2. The highest BCUT2D eigenvalue weighted by molar-refractivity contribution is 5.86. The summed E-state index contributed by atoms with van der Waals surface area (Å²) in [7, 11) is 0. The number of halogens is 3. The van der Waals surface area contributed by atoms with Crippen molar-refractivity contribution in [3.8, 4) is 5.75 Å². The Morgan fingerprint density at radius 1 is 1.07 bits per heavy atom. The first-order chi connectivity index (χ1) is 5.74. The Kier molecular flexibility index (Phi) is 13.3. The molecule has 0 heterocycles. The normalized spacial score (nSPS) is 7.80. The van der Waals surface area contributed by atoms with E-state index in [0.717, 1.165) is 0 Å². The number of hydrogen-bond acceptors (Lipinski definition) is 4. The zero-order valence-corrected chi connectivity index (χ0v) is 10.5. The second-order valence-electron chi connectivity index (χ2n) is 2.43. The van der Waals surface area contributed by atoms with Crippen LogP contribution >= 0.6 is 37.2 Å². The summed E-state index contributed by atoms with van der Waals surface area (Å²) in [6, 6.07) is 5.13. The maximum atomic E-state index is 5.62. The van der Waals surface area contributed by atoms with Gasteiger partial charge in [-0.3, -0.25) is 0 Å². The Morgan fingerprint density at radius 2 is 1.67 bits per heavy atom. The summed E-state index contributed by atoms with van der Waals surface area (Å²) in [5.74, 6) is 0.634. The van der Waals surface area contributed by atoms with Crippen LogP contribution in [0.1, 0.15) is 0 Å². The lowest BCUT2D eigenvalue weighted by Gasteiger charge is -2.07. The van der Waals surface area contributed by atoms with Gasteiger partial charge in [-0.15, -0.1) is 37.2 Å². The van der Waals surface area contributed by atoms with Gasteiger partial charge in [0.25, 0.3) is 0 Å². The van der Waals surface area contributed by atoms with Gasteiger partial charge in [0.1, 0.15) is 12.4 Å². The summed E-state index contributed by atoms with van der Waals surface area (Å²) in [4.78, 5) is 0. The van der Waals surface area contributed by atoms with Gasteiger partial charge in [-0.05, 0) is 18.2 Å². The van der Waals surface area contributed by atoms with Crippen LogP contribution in [0.2, 0.25) is 0 Å². The van der Waals surface area contributed by atoms with Crippen molar-refractivity contribution in [2.24, 2.45) is 5.73 Å². The molecule has 0 saturated heterocycles. The van der Waals surface area contributed by atoms with Crippen LogP contribution in [-0.2, 0) is 0 Å². The molecule has 90 valence electrons. The van der Waals surface area contributed by atoms with Crippen molar-refractivity contribution < 1.29 is 4.74 Å². The maximum Gasteiger partial charge on any atom is 0.142 e. The second kappa shape index (κ2) is 9.98. The molecule has 0 spiro atoms. The molecule has 0 fully saturated rings.